The van der Waals surface area contributed by atoms with E-state index in [0.29, 0.717) is 51.9 Å². The molecule has 1 aliphatic carbocycles. The van der Waals surface area contributed by atoms with E-state index in [4.69, 9.17) is 23.2 Å². The quantitative estimate of drug-likeness (QED) is 0.266. The number of nitrogens with zero attached hydrogens (tertiary/aromatic N) is 5. The first-order chi connectivity index (χ1) is 20.4. The largest absolute Gasteiger partial charge is 0.354 e. The van der Waals surface area contributed by atoms with Crippen LogP contribution < -0.4 is 5.32 Å². The van der Waals surface area contributed by atoms with Gasteiger partial charge in [-0.3, -0.25) is 19.1 Å². The standard InChI is InChI=1S/C32H32Cl2N6O3/c1-17-9-21(22-14-36-19(3)37-15-22)11-24-29(18(2)41)38-39(30(17)24)16-28(42)40-26(12-32(4)13-27(32)40)31(43)35-8-7-20-10-23(33)5-6-25(20)34/h5-6,9-11,14-15,26-27H,7-8,12-13,16H2,1-4H3,(H,35,43)/t26-,27+,32-/m0/s1. The molecule has 9 nitrogen and oxygen atoms in total. The number of piperidine rings is 1. The van der Waals surface area contributed by atoms with Gasteiger partial charge in [-0.1, -0.05) is 30.1 Å². The van der Waals surface area contributed by atoms with E-state index in [-0.39, 0.29) is 35.6 Å². The highest BCUT2D eigenvalue weighted by molar-refractivity contribution is 6.33. The van der Waals surface area contributed by atoms with Crippen LogP contribution in [-0.4, -0.2) is 60.9 Å². The van der Waals surface area contributed by atoms with Crippen molar-refractivity contribution in [3.63, 3.8) is 0 Å². The molecule has 2 aromatic heterocycles. The number of likely N-dealkylation sites (tertiary alicyclic amines) is 1. The Morgan fingerprint density at radius 3 is 2.51 bits per heavy atom. The van der Waals surface area contributed by atoms with E-state index in [1.165, 1.54) is 6.92 Å². The van der Waals surface area contributed by atoms with Gasteiger partial charge in [-0.05, 0) is 85.5 Å². The lowest BCUT2D eigenvalue weighted by Crippen LogP contribution is -2.49. The maximum Gasteiger partial charge on any atom is 0.245 e. The number of rotatable bonds is 8. The van der Waals surface area contributed by atoms with Gasteiger partial charge in [0.2, 0.25) is 11.8 Å². The zero-order valence-electron chi connectivity index (χ0n) is 24.4. The Hall–Kier alpha value is -3.82. The van der Waals surface area contributed by atoms with E-state index in [1.54, 1.807) is 40.2 Å². The summed E-state index contributed by atoms with van der Waals surface area (Å²) in [5, 5.41) is 9.44. The first-order valence-electron chi connectivity index (χ1n) is 14.3. The Kier molecular flexibility index (Phi) is 7.50. The van der Waals surface area contributed by atoms with Crippen LogP contribution in [0, 0.1) is 19.3 Å². The van der Waals surface area contributed by atoms with E-state index < -0.39 is 6.04 Å². The third kappa shape index (κ3) is 5.52. The SMILES string of the molecule is CC(=O)c1nn(CC(=O)N2[C@H](C(=O)NCCc3cc(Cl)ccc3Cl)C[C@@]3(C)C[C@@H]23)c2c(C)cc(-c3cnc(C)nc3)cc12. The highest BCUT2D eigenvalue weighted by Gasteiger charge is 2.64. The van der Waals surface area contributed by atoms with Gasteiger partial charge in [-0.15, -0.1) is 0 Å². The summed E-state index contributed by atoms with van der Waals surface area (Å²) < 4.78 is 1.60. The van der Waals surface area contributed by atoms with Gasteiger partial charge in [0, 0.05) is 52.9 Å². The maximum atomic E-state index is 13.9. The molecule has 2 fully saturated rings. The number of benzene rings is 2. The van der Waals surface area contributed by atoms with Gasteiger partial charge in [0.1, 0.15) is 24.1 Å². The minimum absolute atomic E-state index is 0.00136. The van der Waals surface area contributed by atoms with Crippen molar-refractivity contribution in [1.82, 2.24) is 30.0 Å². The molecule has 2 amide bonds. The summed E-state index contributed by atoms with van der Waals surface area (Å²) in [5.41, 5.74) is 4.34. The topological polar surface area (TPSA) is 110 Å². The van der Waals surface area contributed by atoms with Gasteiger partial charge in [0.15, 0.2) is 5.78 Å². The molecule has 11 heteroatoms. The number of nitrogens with one attached hydrogen (secondary N) is 1. The summed E-state index contributed by atoms with van der Waals surface area (Å²) in [7, 11) is 0. The minimum Gasteiger partial charge on any atom is -0.354 e. The van der Waals surface area contributed by atoms with E-state index >= 15 is 0 Å². The number of Topliss-reactive ketones (excluding diaryl/α,β-unsaturated/α-hetero) is 1. The molecule has 43 heavy (non-hydrogen) atoms. The molecule has 3 heterocycles. The van der Waals surface area contributed by atoms with Crippen LogP contribution in [-0.2, 0) is 22.6 Å². The van der Waals surface area contributed by atoms with Gasteiger partial charge in [0.25, 0.3) is 0 Å². The molecule has 4 aromatic rings. The van der Waals surface area contributed by atoms with Gasteiger partial charge >= 0.3 is 0 Å². The van der Waals surface area contributed by atoms with Crippen molar-refractivity contribution in [2.45, 2.75) is 65.6 Å². The second kappa shape index (κ2) is 11.0. The number of fused-ring (bicyclic) bond motifs is 2. The van der Waals surface area contributed by atoms with Crippen LogP contribution in [0.25, 0.3) is 22.0 Å². The molecule has 2 aromatic carbocycles. The van der Waals surface area contributed by atoms with Crippen molar-refractivity contribution in [3.05, 3.63) is 75.4 Å². The monoisotopic (exact) mass is 618 g/mol. The molecule has 6 rings (SSSR count). The summed E-state index contributed by atoms with van der Waals surface area (Å²) >= 11 is 12.4. The smallest absolute Gasteiger partial charge is 0.245 e. The summed E-state index contributed by atoms with van der Waals surface area (Å²) in [6.45, 7) is 7.64. The average Bonchev–Trinajstić information content (AvgIpc) is 3.31. The Morgan fingerprint density at radius 2 is 1.79 bits per heavy atom. The van der Waals surface area contributed by atoms with Gasteiger partial charge in [-0.2, -0.15) is 5.10 Å². The molecule has 0 radical (unpaired) electrons. The van der Waals surface area contributed by atoms with E-state index in [1.807, 2.05) is 26.0 Å². The average molecular weight is 620 g/mol. The zero-order valence-corrected chi connectivity index (χ0v) is 26.0. The van der Waals surface area contributed by atoms with E-state index in [2.05, 4.69) is 27.3 Å². The molecular weight excluding hydrogens is 587 g/mol. The number of halogens is 2. The number of aromatic nitrogens is 4. The minimum atomic E-state index is -0.575. The fraction of sp³-hybridized carbons (Fsp3) is 0.375. The fourth-order valence-corrected chi connectivity index (χ4v) is 6.76. The third-order valence-electron chi connectivity index (χ3n) is 8.69. The van der Waals surface area contributed by atoms with Crippen LogP contribution in [0.5, 0.6) is 0 Å². The molecule has 0 bridgehead atoms. The molecule has 3 atom stereocenters. The number of carbonyl (C=O) groups excluding carboxylic acids is 3. The number of carbonyl (C=O) groups is 3. The van der Waals surface area contributed by atoms with Gasteiger partial charge in [-0.25, -0.2) is 9.97 Å². The summed E-state index contributed by atoms with van der Waals surface area (Å²) in [4.78, 5) is 50.2. The van der Waals surface area contributed by atoms with Crippen LogP contribution >= 0.6 is 23.2 Å². The molecule has 2 aliphatic rings. The van der Waals surface area contributed by atoms with Crippen molar-refractivity contribution in [3.8, 4) is 11.1 Å². The Morgan fingerprint density at radius 1 is 1.05 bits per heavy atom. The molecular formula is C32H32Cl2N6O3. The first-order valence-corrected chi connectivity index (χ1v) is 15.0. The van der Waals surface area contributed by atoms with Crippen LogP contribution in [0.4, 0.5) is 0 Å². The summed E-state index contributed by atoms with van der Waals surface area (Å²) in [6, 6.07) is 8.57. The predicted molar refractivity (Wildman–Crippen MR) is 165 cm³/mol. The molecule has 0 unspecified atom stereocenters. The Balaban J connectivity index is 1.24. The normalized spacial score (nSPS) is 20.7. The molecule has 1 saturated heterocycles. The molecule has 0 spiro atoms. The zero-order chi connectivity index (χ0) is 30.6. The van der Waals surface area contributed by atoms with Gasteiger partial charge < -0.3 is 10.2 Å². The van der Waals surface area contributed by atoms with Crippen molar-refractivity contribution < 1.29 is 14.4 Å². The molecule has 1 aliphatic heterocycles. The number of aryl methyl sites for hydroxylation is 2. The maximum absolute atomic E-state index is 13.9. The van der Waals surface area contributed by atoms with E-state index in [9.17, 15) is 14.4 Å². The Labute approximate surface area is 259 Å². The molecule has 1 N–H and O–H groups in total. The number of hydrogen-bond donors (Lipinski definition) is 1. The summed E-state index contributed by atoms with van der Waals surface area (Å²) in [6.07, 6.45) is 5.49. The lowest BCUT2D eigenvalue weighted by Gasteiger charge is -2.27. The molecule has 1 saturated carbocycles. The lowest BCUT2D eigenvalue weighted by atomic mass is 10.0. The van der Waals surface area contributed by atoms with Gasteiger partial charge in [0.05, 0.1) is 5.52 Å². The first kappa shape index (κ1) is 29.3. The molecule has 222 valence electrons. The van der Waals surface area contributed by atoms with Crippen molar-refractivity contribution in [2.75, 3.05) is 6.54 Å². The highest BCUT2D eigenvalue weighted by atomic mass is 35.5. The second-order valence-corrected chi connectivity index (χ2v) is 12.8. The van der Waals surface area contributed by atoms with Crippen LogP contribution in [0.3, 0.4) is 0 Å². The van der Waals surface area contributed by atoms with Crippen LogP contribution in [0.2, 0.25) is 10.0 Å². The van der Waals surface area contributed by atoms with Crippen molar-refractivity contribution in [1.29, 1.82) is 0 Å². The van der Waals surface area contributed by atoms with Crippen LogP contribution in [0.1, 0.15) is 54.1 Å². The fourth-order valence-electron chi connectivity index (χ4n) is 6.35. The Bertz CT molecular complexity index is 1790. The number of hydrogen-bond acceptors (Lipinski definition) is 6. The predicted octanol–water partition coefficient (Wildman–Crippen LogP) is 5.36. The highest BCUT2D eigenvalue weighted by Crippen LogP contribution is 2.59. The second-order valence-electron chi connectivity index (χ2n) is 11.9. The number of ketones is 1. The van der Waals surface area contributed by atoms with Crippen LogP contribution in [0.15, 0.2) is 42.7 Å². The third-order valence-corrected chi connectivity index (χ3v) is 9.30. The van der Waals surface area contributed by atoms with Crippen molar-refractivity contribution in [2.24, 2.45) is 5.41 Å². The lowest BCUT2D eigenvalue weighted by molar-refractivity contribution is -0.140. The van der Waals surface area contributed by atoms with Crippen molar-refractivity contribution >= 4 is 51.7 Å². The number of amides is 2. The van der Waals surface area contributed by atoms with E-state index in [0.717, 1.165) is 28.7 Å². The summed E-state index contributed by atoms with van der Waals surface area (Å²) in [5.74, 6) is 0.0966.